The van der Waals surface area contributed by atoms with Gasteiger partial charge in [0.2, 0.25) is 0 Å². The van der Waals surface area contributed by atoms with Gasteiger partial charge < -0.3 is 19.8 Å². The molecule has 49 heavy (non-hydrogen) atoms. The van der Waals surface area contributed by atoms with E-state index in [1.165, 1.54) is 0 Å². The molecule has 6 nitrogen and oxygen atoms in total. The predicted molar refractivity (Wildman–Crippen MR) is 191 cm³/mol. The van der Waals surface area contributed by atoms with Crippen molar-refractivity contribution in [2.75, 3.05) is 13.1 Å². The van der Waals surface area contributed by atoms with Crippen molar-refractivity contribution in [3.8, 4) is 5.75 Å². The van der Waals surface area contributed by atoms with Crippen LogP contribution in [0, 0.1) is 33.5 Å². The maximum Gasteiger partial charge on any atom is 0.415 e. The molecule has 8 atom stereocenters. The highest BCUT2D eigenvalue weighted by molar-refractivity contribution is 6.10. The molecule has 3 aromatic carbocycles. The Morgan fingerprint density at radius 1 is 0.857 bits per heavy atom. The average Bonchev–Trinajstić information content (AvgIpc) is 3.37. The number of carbonyl (C=O) groups excluding carboxylic acids is 2. The number of fused-ring (bicyclic) bond motifs is 2. The first-order valence-electron chi connectivity index (χ1n) is 18.4. The number of amides is 1. The molecule has 1 amide bonds. The van der Waals surface area contributed by atoms with Gasteiger partial charge in [-0.05, 0) is 91.5 Å². The summed E-state index contributed by atoms with van der Waals surface area (Å²) in [5.41, 5.74) is -1.17. The molecule has 3 saturated carbocycles. The maximum absolute atomic E-state index is 14.7. The van der Waals surface area contributed by atoms with Crippen LogP contribution in [0.3, 0.4) is 0 Å². The van der Waals surface area contributed by atoms with Gasteiger partial charge in [0, 0.05) is 33.9 Å². The van der Waals surface area contributed by atoms with Crippen LogP contribution < -0.4 is 4.74 Å². The lowest BCUT2D eigenvalue weighted by atomic mass is 9.32. The van der Waals surface area contributed by atoms with Crippen molar-refractivity contribution in [1.82, 2.24) is 4.90 Å². The third-order valence-electron chi connectivity index (χ3n) is 14.1. The van der Waals surface area contributed by atoms with Crippen LogP contribution in [0.15, 0.2) is 96.6 Å². The lowest BCUT2D eigenvalue weighted by molar-refractivity contribution is -0.175. The molecule has 6 aliphatic carbocycles. The molecule has 0 radical (unpaired) electrons. The highest BCUT2D eigenvalue weighted by atomic mass is 16.6. The van der Waals surface area contributed by atoms with Crippen molar-refractivity contribution in [2.24, 2.45) is 33.5 Å². The Bertz CT molecular complexity index is 1870. The summed E-state index contributed by atoms with van der Waals surface area (Å²) in [5.74, 6) is 0.781. The summed E-state index contributed by atoms with van der Waals surface area (Å²) in [5, 5.41) is 25.9. The van der Waals surface area contributed by atoms with E-state index in [9.17, 15) is 19.8 Å². The number of aliphatic hydroxyl groups excluding tert-OH is 1. The first-order chi connectivity index (χ1) is 23.5. The van der Waals surface area contributed by atoms with Crippen LogP contribution >= 0.6 is 0 Å². The Morgan fingerprint density at radius 2 is 1.55 bits per heavy atom. The number of carbonyl (C=O) groups is 2. The topological polar surface area (TPSA) is 87.1 Å². The minimum atomic E-state index is -1.15. The second-order valence-electron chi connectivity index (χ2n) is 16.3. The molecule has 0 aliphatic heterocycles. The number of hydrogen-bond donors (Lipinski definition) is 2. The van der Waals surface area contributed by atoms with Gasteiger partial charge in [0.25, 0.3) is 0 Å². The number of nitrogens with zero attached hydrogens (tertiary/aromatic N) is 1. The van der Waals surface area contributed by atoms with Crippen LogP contribution in [0.2, 0.25) is 0 Å². The lowest BCUT2D eigenvalue weighted by Gasteiger charge is -2.71. The smallest absolute Gasteiger partial charge is 0.410 e. The Labute approximate surface area is 289 Å². The fraction of sp³-hybridized carbons (Fsp3) is 0.488. The van der Waals surface area contributed by atoms with E-state index in [1.54, 1.807) is 4.90 Å². The van der Waals surface area contributed by atoms with Crippen molar-refractivity contribution in [1.29, 1.82) is 0 Å². The van der Waals surface area contributed by atoms with E-state index in [0.29, 0.717) is 30.7 Å². The van der Waals surface area contributed by atoms with Crippen LogP contribution in [-0.2, 0) is 0 Å². The largest absolute Gasteiger partial charge is 0.415 e. The summed E-state index contributed by atoms with van der Waals surface area (Å²) < 4.78 is 5.96. The summed E-state index contributed by atoms with van der Waals surface area (Å²) in [4.78, 5) is 30.2. The zero-order valence-corrected chi connectivity index (χ0v) is 29.0. The van der Waals surface area contributed by atoms with Gasteiger partial charge >= 0.3 is 6.09 Å². The van der Waals surface area contributed by atoms with Crippen molar-refractivity contribution in [3.63, 3.8) is 0 Å². The zero-order chi connectivity index (χ0) is 34.2. The van der Waals surface area contributed by atoms with E-state index < -0.39 is 28.6 Å². The van der Waals surface area contributed by atoms with Crippen molar-refractivity contribution >= 4 is 22.6 Å². The molecule has 2 N–H and O–H groups in total. The molecule has 3 aromatic rings. The molecular weight excluding hydrogens is 610 g/mol. The van der Waals surface area contributed by atoms with E-state index >= 15 is 0 Å². The summed E-state index contributed by atoms with van der Waals surface area (Å²) in [6, 6.07) is 23.3. The number of ketones is 1. The SMILES string of the molecule is CCCN(CC1(O)CCC2C34C=CC5(C=C3C(=O)c3ccccc3)CC(O)CCC5(C)C4CCC21C)C(=O)Oc1ccc2ccccc2c1. The normalized spacial score (nSPS) is 37.2. The fourth-order valence-corrected chi connectivity index (χ4v) is 11.6. The lowest BCUT2D eigenvalue weighted by Crippen LogP contribution is -2.67. The second kappa shape index (κ2) is 11.4. The van der Waals surface area contributed by atoms with Gasteiger partial charge in [0.05, 0.1) is 18.2 Å². The summed E-state index contributed by atoms with van der Waals surface area (Å²) in [6.45, 7) is 7.32. The number of rotatable bonds is 7. The van der Waals surface area contributed by atoms with E-state index in [2.05, 4.69) is 32.1 Å². The second-order valence-corrected chi connectivity index (χ2v) is 16.3. The minimum absolute atomic E-state index is 0.0147. The Balaban J connectivity index is 1.15. The molecule has 3 fully saturated rings. The third-order valence-corrected chi connectivity index (χ3v) is 14.1. The highest BCUT2D eigenvalue weighted by Crippen LogP contribution is 2.78. The third kappa shape index (κ3) is 4.59. The monoisotopic (exact) mass is 659 g/mol. The molecule has 6 heteroatoms. The molecule has 2 spiro atoms. The van der Waals surface area contributed by atoms with Gasteiger partial charge in [0.1, 0.15) is 5.75 Å². The number of allylic oxidation sites excluding steroid dienone is 4. The predicted octanol–water partition coefficient (Wildman–Crippen LogP) is 8.52. The fourth-order valence-electron chi connectivity index (χ4n) is 11.6. The van der Waals surface area contributed by atoms with Gasteiger partial charge in [-0.15, -0.1) is 0 Å². The van der Waals surface area contributed by atoms with E-state index in [-0.39, 0.29) is 35.0 Å². The Hall–Kier alpha value is -3.74. The zero-order valence-electron chi connectivity index (χ0n) is 29.0. The molecule has 0 saturated heterocycles. The van der Waals surface area contributed by atoms with Crippen molar-refractivity contribution < 1.29 is 24.5 Å². The van der Waals surface area contributed by atoms with Crippen LogP contribution in [-0.4, -0.2) is 51.8 Å². The highest BCUT2D eigenvalue weighted by Gasteiger charge is 2.74. The Morgan fingerprint density at radius 3 is 2.33 bits per heavy atom. The van der Waals surface area contributed by atoms with Crippen LogP contribution in [0.1, 0.15) is 82.5 Å². The van der Waals surface area contributed by atoms with Crippen LogP contribution in [0.4, 0.5) is 4.79 Å². The molecule has 6 aliphatic rings. The standard InChI is InChI=1S/C43H49NO5/c1-4-24-44(38(47)49-33-15-14-29-10-8-9-13-31(29)25-33)28-42(48)21-18-36-40(42,3)20-17-35-39(2)19-16-32(45)26-41(39)22-23-43(35,36)34(27-41)37(46)30-11-6-5-7-12-30/h5-15,22-23,25,27,32,35-36,45,48H,4,16-21,24,26,28H2,1-3H3. The first kappa shape index (κ1) is 32.5. The summed E-state index contributed by atoms with van der Waals surface area (Å²) in [7, 11) is 0. The quantitative estimate of drug-likeness (QED) is 0.196. The van der Waals surface area contributed by atoms with Gasteiger partial charge in [-0.25, -0.2) is 4.79 Å². The van der Waals surface area contributed by atoms with E-state index in [1.807, 2.05) is 79.7 Å². The van der Waals surface area contributed by atoms with E-state index in [0.717, 1.165) is 54.9 Å². The number of ether oxygens (including phenoxy) is 1. The average molecular weight is 660 g/mol. The van der Waals surface area contributed by atoms with Crippen LogP contribution in [0.25, 0.3) is 10.8 Å². The van der Waals surface area contributed by atoms with Gasteiger partial charge in [-0.1, -0.05) is 99.7 Å². The first-order valence-corrected chi connectivity index (χ1v) is 18.4. The molecule has 0 aromatic heterocycles. The molecule has 8 unspecified atom stereocenters. The van der Waals surface area contributed by atoms with Gasteiger partial charge in [-0.3, -0.25) is 4.79 Å². The number of benzene rings is 3. The number of aliphatic hydroxyl groups is 2. The van der Waals surface area contributed by atoms with Gasteiger partial charge in [0.15, 0.2) is 5.78 Å². The molecular formula is C43H49NO5. The van der Waals surface area contributed by atoms with E-state index in [4.69, 9.17) is 4.74 Å². The summed E-state index contributed by atoms with van der Waals surface area (Å²) in [6.07, 6.45) is 12.2. The van der Waals surface area contributed by atoms with Crippen molar-refractivity contribution in [3.05, 3.63) is 102 Å². The molecule has 2 bridgehead atoms. The summed E-state index contributed by atoms with van der Waals surface area (Å²) >= 11 is 0. The Kier molecular flexibility index (Phi) is 7.55. The number of hydrogen-bond acceptors (Lipinski definition) is 5. The van der Waals surface area contributed by atoms with Crippen molar-refractivity contribution in [2.45, 2.75) is 83.8 Å². The molecule has 9 rings (SSSR count). The van der Waals surface area contributed by atoms with Gasteiger partial charge in [-0.2, -0.15) is 0 Å². The minimum Gasteiger partial charge on any atom is -0.410 e. The number of Topliss-reactive ketones (excluding diaryl/α,β-unsaturated/α-hetero) is 1. The van der Waals surface area contributed by atoms with Crippen LogP contribution in [0.5, 0.6) is 5.75 Å². The molecule has 0 heterocycles. The maximum atomic E-state index is 14.7. The molecule has 256 valence electrons.